The molecule has 0 rings (SSSR count). The summed E-state index contributed by atoms with van der Waals surface area (Å²) in [6, 6.07) is 0. The molecule has 3 unspecified atom stereocenters. The smallest absolute Gasteiger partial charge is 0.462 e. The second-order valence-electron chi connectivity index (χ2n) is 16.4. The Bertz CT molecular complexity index is 1170. The second kappa shape index (κ2) is 37.9. The molecular formula is C46H85NO10P+. The van der Waals surface area contributed by atoms with Gasteiger partial charge in [-0.25, -0.2) is 4.57 Å². The summed E-state index contributed by atoms with van der Waals surface area (Å²) in [5.41, 5.74) is 0. The van der Waals surface area contributed by atoms with Crippen LogP contribution in [0, 0.1) is 0 Å². The number of aliphatic hydroxyl groups is 2. The van der Waals surface area contributed by atoms with Crippen molar-refractivity contribution in [1.82, 2.24) is 0 Å². The number of quaternary nitrogens is 1. The van der Waals surface area contributed by atoms with E-state index in [9.17, 15) is 29.3 Å². The number of allylic oxidation sites excluding steroid dienone is 7. The molecule has 3 N–H and O–H groups in total. The van der Waals surface area contributed by atoms with Crippen LogP contribution in [0.25, 0.3) is 0 Å². The Morgan fingerprint density at radius 1 is 0.603 bits per heavy atom. The molecule has 0 aromatic carbocycles. The number of ether oxygens (including phenoxy) is 2. The monoisotopic (exact) mass is 843 g/mol. The fourth-order valence-electron chi connectivity index (χ4n) is 5.82. The van der Waals surface area contributed by atoms with Gasteiger partial charge < -0.3 is 29.1 Å². The molecule has 0 saturated heterocycles. The molecule has 0 radical (unpaired) electrons. The van der Waals surface area contributed by atoms with Crippen LogP contribution in [0.5, 0.6) is 0 Å². The molecule has 0 bridgehead atoms. The fraction of sp³-hybridized carbons (Fsp3) is 0.783. The van der Waals surface area contributed by atoms with Gasteiger partial charge in [0.15, 0.2) is 6.10 Å². The predicted molar refractivity (Wildman–Crippen MR) is 236 cm³/mol. The number of phosphoric ester groups is 1. The molecule has 12 heteroatoms. The van der Waals surface area contributed by atoms with Crippen LogP contribution in [0.3, 0.4) is 0 Å². The summed E-state index contributed by atoms with van der Waals surface area (Å²) in [6.45, 7) is 4.03. The van der Waals surface area contributed by atoms with Crippen molar-refractivity contribution in [2.24, 2.45) is 0 Å². The maximum absolute atomic E-state index is 12.7. The lowest BCUT2D eigenvalue weighted by Gasteiger charge is -2.24. The molecule has 0 fully saturated rings. The largest absolute Gasteiger partial charge is 0.472 e. The zero-order valence-electron chi connectivity index (χ0n) is 37.2. The van der Waals surface area contributed by atoms with E-state index in [1.807, 2.05) is 33.3 Å². The summed E-state index contributed by atoms with van der Waals surface area (Å²) < 4.78 is 34.1. The first kappa shape index (κ1) is 55.9. The first-order valence-corrected chi connectivity index (χ1v) is 24.0. The SMILES string of the molecule is CCCCC/C=C\C/C=C\C/C=C\CC(O)C(O)CCCC(=O)OC[C@H](COP(=O)(O)OCC[N+](C)(C)C)OC(=O)CCCCCCC/C=C\CCCCCCCC. The van der Waals surface area contributed by atoms with E-state index in [1.165, 1.54) is 57.8 Å². The number of unbranched alkanes of at least 4 members (excludes halogenated alkanes) is 14. The molecule has 0 aliphatic carbocycles. The van der Waals surface area contributed by atoms with Crippen LogP contribution in [0.15, 0.2) is 48.6 Å². The van der Waals surface area contributed by atoms with Gasteiger partial charge in [0.05, 0.1) is 40.0 Å². The topological polar surface area (TPSA) is 149 Å². The average molecular weight is 843 g/mol. The third kappa shape index (κ3) is 39.4. The van der Waals surface area contributed by atoms with E-state index >= 15 is 0 Å². The molecule has 0 aliphatic heterocycles. The van der Waals surface area contributed by atoms with Crippen molar-refractivity contribution in [3.63, 3.8) is 0 Å². The Labute approximate surface area is 353 Å². The van der Waals surface area contributed by atoms with Crippen molar-refractivity contribution < 1.29 is 52.3 Å². The number of hydrogen-bond acceptors (Lipinski definition) is 9. The van der Waals surface area contributed by atoms with Gasteiger partial charge in [-0.2, -0.15) is 0 Å². The van der Waals surface area contributed by atoms with Crippen molar-refractivity contribution >= 4 is 19.8 Å². The number of hydrogen-bond donors (Lipinski definition) is 3. The number of rotatable bonds is 40. The van der Waals surface area contributed by atoms with Gasteiger partial charge >= 0.3 is 19.8 Å². The standard InChI is InChI=1S/C46H84NO10P/c1-6-8-10-12-14-16-18-20-21-22-24-26-28-30-32-36-46(51)57-42(41-56-58(52,53)55-39-38-47(3,4)5)40-54-45(50)37-33-35-44(49)43(48)34-31-29-27-25-23-19-17-15-13-11-9-7-2/h15,17,20-21,23,25,29,31,42-44,48-49H,6-14,16,18-19,22,24,26-28,30,32-41H2,1-5H3/p+1/b17-15-,21-20-,25-23-,31-29-/t42-,43?,44?/m1/s1. The molecule has 338 valence electrons. The Morgan fingerprint density at radius 2 is 1.10 bits per heavy atom. The van der Waals surface area contributed by atoms with Gasteiger partial charge in [-0.1, -0.05) is 127 Å². The van der Waals surface area contributed by atoms with E-state index in [-0.39, 0.29) is 38.9 Å². The molecule has 0 aromatic rings. The van der Waals surface area contributed by atoms with Gasteiger partial charge in [0.2, 0.25) is 0 Å². The number of carbonyl (C=O) groups excluding carboxylic acids is 2. The number of carbonyl (C=O) groups is 2. The summed E-state index contributed by atoms with van der Waals surface area (Å²) in [4.78, 5) is 35.4. The maximum Gasteiger partial charge on any atom is 0.472 e. The predicted octanol–water partition coefficient (Wildman–Crippen LogP) is 10.6. The molecule has 4 atom stereocenters. The summed E-state index contributed by atoms with van der Waals surface area (Å²) >= 11 is 0. The highest BCUT2D eigenvalue weighted by Gasteiger charge is 2.27. The summed E-state index contributed by atoms with van der Waals surface area (Å²) in [6.07, 6.45) is 36.2. The number of phosphoric acid groups is 1. The Morgan fingerprint density at radius 3 is 1.72 bits per heavy atom. The van der Waals surface area contributed by atoms with Crippen LogP contribution in [0.2, 0.25) is 0 Å². The van der Waals surface area contributed by atoms with Gasteiger partial charge in [0, 0.05) is 12.8 Å². The van der Waals surface area contributed by atoms with Gasteiger partial charge in [0.25, 0.3) is 0 Å². The van der Waals surface area contributed by atoms with Crippen molar-refractivity contribution in [2.45, 2.75) is 186 Å². The highest BCUT2D eigenvalue weighted by atomic mass is 31.2. The molecule has 0 aliphatic rings. The number of aliphatic hydroxyl groups excluding tert-OH is 2. The van der Waals surface area contributed by atoms with Crippen LogP contribution < -0.4 is 0 Å². The molecule has 0 saturated carbocycles. The molecule has 0 heterocycles. The van der Waals surface area contributed by atoms with Crippen molar-refractivity contribution in [3.05, 3.63) is 48.6 Å². The zero-order valence-corrected chi connectivity index (χ0v) is 38.1. The lowest BCUT2D eigenvalue weighted by molar-refractivity contribution is -0.870. The van der Waals surface area contributed by atoms with Gasteiger partial charge in [0.1, 0.15) is 19.8 Å². The quantitative estimate of drug-likeness (QED) is 0.0179. The van der Waals surface area contributed by atoms with Crippen LogP contribution in [0.1, 0.15) is 168 Å². The van der Waals surface area contributed by atoms with Gasteiger partial charge in [-0.05, 0) is 77.0 Å². The van der Waals surface area contributed by atoms with Crippen molar-refractivity contribution in [2.75, 3.05) is 47.5 Å². The van der Waals surface area contributed by atoms with Crippen LogP contribution in [0.4, 0.5) is 0 Å². The fourth-order valence-corrected chi connectivity index (χ4v) is 6.56. The molecule has 58 heavy (non-hydrogen) atoms. The van der Waals surface area contributed by atoms with E-state index < -0.39 is 44.7 Å². The Balaban J connectivity index is 4.61. The van der Waals surface area contributed by atoms with E-state index in [4.69, 9.17) is 18.5 Å². The minimum atomic E-state index is -4.45. The van der Waals surface area contributed by atoms with Crippen LogP contribution in [-0.2, 0) is 32.7 Å². The molecule has 0 amide bonds. The highest BCUT2D eigenvalue weighted by molar-refractivity contribution is 7.47. The third-order valence-electron chi connectivity index (χ3n) is 9.53. The minimum absolute atomic E-state index is 0.0161. The number of likely N-dealkylation sites (N-methyl/N-ethyl adjacent to an activating group) is 1. The summed E-state index contributed by atoms with van der Waals surface area (Å²) in [5, 5.41) is 20.7. The average Bonchev–Trinajstić information content (AvgIpc) is 3.17. The van der Waals surface area contributed by atoms with Crippen LogP contribution >= 0.6 is 7.82 Å². The maximum atomic E-state index is 12.7. The Kier molecular flexibility index (Phi) is 36.5. The van der Waals surface area contributed by atoms with Crippen LogP contribution in [-0.4, -0.2) is 97.3 Å². The molecule has 0 aromatic heterocycles. The van der Waals surface area contributed by atoms with Crippen molar-refractivity contribution in [3.8, 4) is 0 Å². The molecule has 0 spiro atoms. The molecular weight excluding hydrogens is 757 g/mol. The van der Waals surface area contributed by atoms with Gasteiger partial charge in [-0.3, -0.25) is 18.6 Å². The summed E-state index contributed by atoms with van der Waals surface area (Å²) in [5.74, 6) is -1.10. The minimum Gasteiger partial charge on any atom is -0.462 e. The normalized spacial score (nSPS) is 15.1. The van der Waals surface area contributed by atoms with E-state index in [1.54, 1.807) is 0 Å². The van der Waals surface area contributed by atoms with E-state index in [2.05, 4.69) is 50.3 Å². The second-order valence-corrected chi connectivity index (χ2v) is 17.8. The number of nitrogens with zero attached hydrogens (tertiary/aromatic N) is 1. The van der Waals surface area contributed by atoms with E-state index in [0.717, 1.165) is 57.8 Å². The Hall–Kier alpha value is -2.11. The summed E-state index contributed by atoms with van der Waals surface area (Å²) in [7, 11) is 1.31. The lowest BCUT2D eigenvalue weighted by atomic mass is 10.0. The van der Waals surface area contributed by atoms with E-state index in [0.29, 0.717) is 23.9 Å². The zero-order chi connectivity index (χ0) is 43.2. The third-order valence-corrected chi connectivity index (χ3v) is 10.5. The first-order valence-electron chi connectivity index (χ1n) is 22.5. The first-order chi connectivity index (χ1) is 27.8. The number of esters is 2. The lowest BCUT2D eigenvalue weighted by Crippen LogP contribution is -2.37. The molecule has 11 nitrogen and oxygen atoms in total. The van der Waals surface area contributed by atoms with Crippen molar-refractivity contribution in [1.29, 1.82) is 0 Å². The highest BCUT2D eigenvalue weighted by Crippen LogP contribution is 2.43. The van der Waals surface area contributed by atoms with Gasteiger partial charge in [-0.15, -0.1) is 0 Å².